The van der Waals surface area contributed by atoms with E-state index < -0.39 is 0 Å². The molecular formula is C14H12Cl2N2O. The average Bonchev–Trinajstić information content (AvgIpc) is 2.42. The fourth-order valence-electron chi connectivity index (χ4n) is 2.25. The Morgan fingerprint density at radius 2 is 2.05 bits per heavy atom. The van der Waals surface area contributed by atoms with Gasteiger partial charge in [0.2, 0.25) is 0 Å². The Morgan fingerprint density at radius 3 is 2.89 bits per heavy atom. The SMILES string of the molecule is Nc1nc(-c2cccc3c2OCCC3)c(Cl)cc1Cl. The van der Waals surface area contributed by atoms with E-state index >= 15 is 0 Å². The second-order valence-corrected chi connectivity index (χ2v) is 5.25. The molecule has 0 radical (unpaired) electrons. The maximum atomic E-state index is 6.22. The van der Waals surface area contributed by atoms with Gasteiger partial charge >= 0.3 is 0 Å². The van der Waals surface area contributed by atoms with E-state index in [0.717, 1.165) is 24.2 Å². The third-order valence-electron chi connectivity index (χ3n) is 3.15. The Kier molecular flexibility index (Phi) is 3.25. The first kappa shape index (κ1) is 12.6. The number of benzene rings is 1. The van der Waals surface area contributed by atoms with Gasteiger partial charge in [0.25, 0.3) is 0 Å². The quantitative estimate of drug-likeness (QED) is 0.866. The van der Waals surface area contributed by atoms with E-state index in [1.807, 2.05) is 12.1 Å². The first-order valence-corrected chi connectivity index (χ1v) is 6.79. The maximum Gasteiger partial charge on any atom is 0.143 e. The Bertz CT molecular complexity index is 644. The molecule has 2 heterocycles. The molecule has 0 unspecified atom stereocenters. The van der Waals surface area contributed by atoms with E-state index in [1.165, 1.54) is 5.56 Å². The predicted octanol–water partition coefficient (Wildman–Crippen LogP) is 3.96. The normalized spacial score (nSPS) is 13.8. The molecule has 1 aliphatic heterocycles. The molecule has 0 fully saturated rings. The van der Waals surface area contributed by atoms with E-state index in [2.05, 4.69) is 11.1 Å². The second kappa shape index (κ2) is 4.91. The molecule has 0 amide bonds. The summed E-state index contributed by atoms with van der Waals surface area (Å²) < 4.78 is 5.76. The standard InChI is InChI=1S/C14H12Cl2N2O/c15-10-7-11(16)14(17)18-12(10)9-5-1-3-8-4-2-6-19-13(8)9/h1,3,5,7H,2,4,6H2,(H2,17,18). The molecule has 2 N–H and O–H groups in total. The molecule has 0 spiro atoms. The van der Waals surface area contributed by atoms with Crippen molar-refractivity contribution in [2.24, 2.45) is 0 Å². The number of ether oxygens (including phenoxy) is 1. The molecular weight excluding hydrogens is 283 g/mol. The first-order valence-electron chi connectivity index (χ1n) is 6.03. The van der Waals surface area contributed by atoms with Crippen LogP contribution < -0.4 is 10.5 Å². The van der Waals surface area contributed by atoms with Crippen LogP contribution >= 0.6 is 23.2 Å². The lowest BCUT2D eigenvalue weighted by molar-refractivity contribution is 0.289. The number of aryl methyl sites for hydroxylation is 1. The molecule has 1 aromatic carbocycles. The number of nitrogen functional groups attached to an aromatic ring is 1. The number of hydrogen-bond acceptors (Lipinski definition) is 3. The summed E-state index contributed by atoms with van der Waals surface area (Å²) in [7, 11) is 0. The Labute approximate surface area is 121 Å². The van der Waals surface area contributed by atoms with Gasteiger partial charge in [-0.15, -0.1) is 0 Å². The third-order valence-corrected chi connectivity index (χ3v) is 3.74. The average molecular weight is 295 g/mol. The van der Waals surface area contributed by atoms with E-state index in [1.54, 1.807) is 6.07 Å². The minimum absolute atomic E-state index is 0.273. The molecule has 3 nitrogen and oxygen atoms in total. The minimum atomic E-state index is 0.273. The Hall–Kier alpha value is -1.45. The van der Waals surface area contributed by atoms with Crippen LogP contribution in [0.15, 0.2) is 24.3 Å². The zero-order valence-electron chi connectivity index (χ0n) is 10.1. The smallest absolute Gasteiger partial charge is 0.143 e. The van der Waals surface area contributed by atoms with Gasteiger partial charge in [-0.3, -0.25) is 0 Å². The lowest BCUT2D eigenvalue weighted by atomic mass is 10.0. The fourth-order valence-corrected chi connectivity index (χ4v) is 2.71. The van der Waals surface area contributed by atoms with E-state index in [-0.39, 0.29) is 5.82 Å². The molecule has 1 aliphatic rings. The summed E-state index contributed by atoms with van der Waals surface area (Å²) in [5, 5.41) is 0.834. The summed E-state index contributed by atoms with van der Waals surface area (Å²) >= 11 is 12.1. The molecule has 0 saturated heterocycles. The van der Waals surface area contributed by atoms with Crippen molar-refractivity contribution in [3.8, 4) is 17.0 Å². The van der Waals surface area contributed by atoms with Crippen molar-refractivity contribution in [3.63, 3.8) is 0 Å². The number of aromatic nitrogens is 1. The van der Waals surface area contributed by atoms with Crippen molar-refractivity contribution < 1.29 is 4.74 Å². The number of nitrogens with zero attached hydrogens (tertiary/aromatic N) is 1. The van der Waals surface area contributed by atoms with Crippen molar-refractivity contribution in [3.05, 3.63) is 39.9 Å². The van der Waals surface area contributed by atoms with Gasteiger partial charge in [-0.25, -0.2) is 4.98 Å². The number of halogens is 2. The summed E-state index contributed by atoms with van der Waals surface area (Å²) in [6, 6.07) is 7.59. The number of para-hydroxylation sites is 1. The topological polar surface area (TPSA) is 48.1 Å². The van der Waals surface area contributed by atoms with Crippen LogP contribution in [0.3, 0.4) is 0 Å². The van der Waals surface area contributed by atoms with Crippen LogP contribution in [0.5, 0.6) is 5.75 Å². The number of fused-ring (bicyclic) bond motifs is 1. The van der Waals surface area contributed by atoms with Crippen LogP contribution in [-0.2, 0) is 6.42 Å². The predicted molar refractivity (Wildman–Crippen MR) is 77.9 cm³/mol. The number of rotatable bonds is 1. The molecule has 1 aromatic heterocycles. The number of pyridine rings is 1. The molecule has 0 bridgehead atoms. The number of nitrogens with two attached hydrogens (primary N) is 1. The van der Waals surface area contributed by atoms with Gasteiger partial charge < -0.3 is 10.5 Å². The van der Waals surface area contributed by atoms with Gasteiger partial charge in [-0.1, -0.05) is 35.3 Å². The summed E-state index contributed by atoms with van der Waals surface area (Å²) in [6.45, 7) is 0.713. The largest absolute Gasteiger partial charge is 0.493 e. The molecule has 0 atom stereocenters. The third kappa shape index (κ3) is 2.24. The lowest BCUT2D eigenvalue weighted by Crippen LogP contribution is -2.09. The monoisotopic (exact) mass is 294 g/mol. The van der Waals surface area contributed by atoms with Crippen molar-refractivity contribution in [2.75, 3.05) is 12.3 Å². The van der Waals surface area contributed by atoms with E-state index in [9.17, 15) is 0 Å². The maximum absolute atomic E-state index is 6.22. The highest BCUT2D eigenvalue weighted by molar-refractivity contribution is 6.37. The van der Waals surface area contributed by atoms with Gasteiger partial charge in [-0.05, 0) is 30.5 Å². The molecule has 3 rings (SSSR count). The number of anilines is 1. The van der Waals surface area contributed by atoms with Crippen LogP contribution in [0, 0.1) is 0 Å². The van der Waals surface area contributed by atoms with Gasteiger partial charge in [0.1, 0.15) is 11.6 Å². The molecule has 2 aromatic rings. The molecule has 0 saturated carbocycles. The van der Waals surface area contributed by atoms with Crippen LogP contribution in [-0.4, -0.2) is 11.6 Å². The van der Waals surface area contributed by atoms with E-state index in [4.69, 9.17) is 33.7 Å². The minimum Gasteiger partial charge on any atom is -0.493 e. The van der Waals surface area contributed by atoms with Crippen LogP contribution in [0.2, 0.25) is 10.0 Å². The zero-order valence-corrected chi connectivity index (χ0v) is 11.6. The van der Waals surface area contributed by atoms with Crippen molar-refractivity contribution in [1.29, 1.82) is 0 Å². The first-order chi connectivity index (χ1) is 9.16. The van der Waals surface area contributed by atoms with Crippen molar-refractivity contribution in [2.45, 2.75) is 12.8 Å². The highest BCUT2D eigenvalue weighted by atomic mass is 35.5. The summed E-state index contributed by atoms with van der Waals surface area (Å²) in [6.07, 6.45) is 2.03. The van der Waals surface area contributed by atoms with Gasteiger partial charge in [0.05, 0.1) is 22.3 Å². The van der Waals surface area contributed by atoms with Gasteiger partial charge in [0.15, 0.2) is 0 Å². The van der Waals surface area contributed by atoms with Crippen LogP contribution in [0.25, 0.3) is 11.3 Å². The summed E-state index contributed by atoms with van der Waals surface area (Å²) in [5.41, 5.74) is 8.42. The highest BCUT2D eigenvalue weighted by Gasteiger charge is 2.19. The van der Waals surface area contributed by atoms with Gasteiger partial charge in [0, 0.05) is 5.56 Å². The molecule has 0 aliphatic carbocycles. The summed E-state index contributed by atoms with van der Waals surface area (Å²) in [5.74, 6) is 1.12. The van der Waals surface area contributed by atoms with Crippen molar-refractivity contribution >= 4 is 29.0 Å². The summed E-state index contributed by atoms with van der Waals surface area (Å²) in [4.78, 5) is 4.28. The molecule has 98 valence electrons. The molecule has 19 heavy (non-hydrogen) atoms. The number of hydrogen-bond donors (Lipinski definition) is 1. The fraction of sp³-hybridized carbons (Fsp3) is 0.214. The Balaban J connectivity index is 2.20. The van der Waals surface area contributed by atoms with Gasteiger partial charge in [-0.2, -0.15) is 0 Å². The van der Waals surface area contributed by atoms with E-state index in [0.29, 0.717) is 22.3 Å². The van der Waals surface area contributed by atoms with Crippen molar-refractivity contribution in [1.82, 2.24) is 4.98 Å². The van der Waals surface area contributed by atoms with Crippen LogP contribution in [0.1, 0.15) is 12.0 Å². The molecule has 5 heteroatoms. The Morgan fingerprint density at radius 1 is 1.21 bits per heavy atom. The zero-order chi connectivity index (χ0) is 13.4. The lowest BCUT2D eigenvalue weighted by Gasteiger charge is -2.20. The second-order valence-electron chi connectivity index (χ2n) is 4.43. The highest BCUT2D eigenvalue weighted by Crippen LogP contribution is 2.39. The van der Waals surface area contributed by atoms with Crippen LogP contribution in [0.4, 0.5) is 5.82 Å².